The Balaban J connectivity index is 1.97. The summed E-state index contributed by atoms with van der Waals surface area (Å²) in [6, 6.07) is 17.3. The second-order valence-corrected chi connectivity index (χ2v) is 4.58. The van der Waals surface area contributed by atoms with Crippen LogP contribution in [0.5, 0.6) is 0 Å². The number of nitrogens with two attached hydrogens (primary N) is 1. The first-order chi connectivity index (χ1) is 9.16. The highest BCUT2D eigenvalue weighted by Gasteiger charge is 2.10. The first kappa shape index (κ1) is 13.1. The lowest BCUT2D eigenvalue weighted by Crippen LogP contribution is -2.28. The number of para-hydroxylation sites is 1. The molecule has 0 saturated heterocycles. The molecule has 0 fully saturated rings. The Morgan fingerprint density at radius 2 is 1.74 bits per heavy atom. The van der Waals surface area contributed by atoms with Gasteiger partial charge in [-0.3, -0.25) is 4.79 Å². The summed E-state index contributed by atoms with van der Waals surface area (Å²) in [4.78, 5) is 12.0. The van der Waals surface area contributed by atoms with Crippen LogP contribution >= 0.6 is 0 Å². The fourth-order valence-corrected chi connectivity index (χ4v) is 1.99. The van der Waals surface area contributed by atoms with Crippen molar-refractivity contribution >= 4 is 11.6 Å². The Bertz CT molecular complexity index is 552. The molecule has 0 aromatic heterocycles. The molecule has 0 spiro atoms. The van der Waals surface area contributed by atoms with Gasteiger partial charge in [0.1, 0.15) is 0 Å². The minimum absolute atomic E-state index is 0.00126. The lowest BCUT2D eigenvalue weighted by atomic mass is 10.1. The maximum atomic E-state index is 12.0. The zero-order valence-electron chi connectivity index (χ0n) is 11.0. The Morgan fingerprint density at radius 3 is 2.42 bits per heavy atom. The Kier molecular flexibility index (Phi) is 4.18. The predicted octanol–water partition coefficient (Wildman–Crippen LogP) is 2.69. The third kappa shape index (κ3) is 3.58. The highest BCUT2D eigenvalue weighted by Crippen LogP contribution is 2.14. The summed E-state index contributed by atoms with van der Waals surface area (Å²) in [5.41, 5.74) is 8.44. The maximum absolute atomic E-state index is 12.0. The number of benzene rings is 2. The summed E-state index contributed by atoms with van der Waals surface area (Å²) in [6.07, 6.45) is 0.309. The van der Waals surface area contributed by atoms with Crippen LogP contribution in [-0.2, 0) is 11.2 Å². The van der Waals surface area contributed by atoms with Gasteiger partial charge in [0.25, 0.3) is 0 Å². The molecule has 0 bridgehead atoms. The van der Waals surface area contributed by atoms with Crippen molar-refractivity contribution in [1.82, 2.24) is 5.32 Å². The van der Waals surface area contributed by atoms with Crippen LogP contribution in [0.4, 0.5) is 5.69 Å². The highest BCUT2D eigenvalue weighted by molar-refractivity contribution is 5.80. The summed E-state index contributed by atoms with van der Waals surface area (Å²) in [7, 11) is 0. The van der Waals surface area contributed by atoms with Crippen molar-refractivity contribution in [3.8, 4) is 0 Å². The van der Waals surface area contributed by atoms with E-state index < -0.39 is 0 Å². The summed E-state index contributed by atoms with van der Waals surface area (Å²) < 4.78 is 0. The monoisotopic (exact) mass is 254 g/mol. The zero-order valence-corrected chi connectivity index (χ0v) is 11.0. The molecule has 0 aliphatic rings. The van der Waals surface area contributed by atoms with Gasteiger partial charge in [-0.25, -0.2) is 0 Å². The van der Waals surface area contributed by atoms with Crippen molar-refractivity contribution in [3.63, 3.8) is 0 Å². The number of anilines is 1. The maximum Gasteiger partial charge on any atom is 0.224 e. The molecule has 19 heavy (non-hydrogen) atoms. The van der Waals surface area contributed by atoms with Gasteiger partial charge in [-0.1, -0.05) is 48.5 Å². The number of carbonyl (C=O) groups is 1. The molecule has 0 unspecified atom stereocenters. The minimum atomic E-state index is -0.0192. The van der Waals surface area contributed by atoms with Gasteiger partial charge in [0.15, 0.2) is 0 Å². The molecule has 98 valence electrons. The van der Waals surface area contributed by atoms with E-state index in [9.17, 15) is 4.79 Å². The van der Waals surface area contributed by atoms with E-state index in [0.717, 1.165) is 11.1 Å². The average molecular weight is 254 g/mol. The second-order valence-electron chi connectivity index (χ2n) is 4.58. The molecule has 3 heteroatoms. The number of nitrogen functional groups attached to an aromatic ring is 1. The molecule has 2 aromatic carbocycles. The average Bonchev–Trinajstić information content (AvgIpc) is 2.42. The van der Waals surface area contributed by atoms with Crippen molar-refractivity contribution in [3.05, 3.63) is 65.7 Å². The van der Waals surface area contributed by atoms with Gasteiger partial charge in [-0.2, -0.15) is 0 Å². The lowest BCUT2D eigenvalue weighted by molar-refractivity contribution is -0.121. The van der Waals surface area contributed by atoms with Gasteiger partial charge in [-0.15, -0.1) is 0 Å². The van der Waals surface area contributed by atoms with Crippen LogP contribution in [0.25, 0.3) is 0 Å². The Labute approximate surface area is 113 Å². The van der Waals surface area contributed by atoms with Gasteiger partial charge >= 0.3 is 0 Å². The number of carbonyl (C=O) groups excluding carboxylic acids is 1. The van der Waals surface area contributed by atoms with Gasteiger partial charge in [0, 0.05) is 5.69 Å². The standard InChI is InChI=1S/C16H18N2O/c1-12(13-7-3-2-4-8-13)18-16(19)11-14-9-5-6-10-15(14)17/h2-10,12H,11,17H2,1H3,(H,18,19)/t12-/m0/s1. The van der Waals surface area contributed by atoms with Crippen LogP contribution in [0.3, 0.4) is 0 Å². The third-order valence-electron chi connectivity index (χ3n) is 3.08. The normalized spacial score (nSPS) is 11.8. The molecule has 0 aliphatic carbocycles. The van der Waals surface area contributed by atoms with Crippen molar-refractivity contribution in [2.45, 2.75) is 19.4 Å². The van der Waals surface area contributed by atoms with E-state index in [4.69, 9.17) is 5.73 Å². The number of nitrogens with one attached hydrogen (secondary N) is 1. The van der Waals surface area contributed by atoms with Crippen LogP contribution in [0, 0.1) is 0 Å². The Morgan fingerprint density at radius 1 is 1.11 bits per heavy atom. The molecule has 3 N–H and O–H groups in total. The molecule has 0 radical (unpaired) electrons. The van der Waals surface area contributed by atoms with E-state index in [1.807, 2.05) is 61.5 Å². The van der Waals surface area contributed by atoms with E-state index in [0.29, 0.717) is 12.1 Å². The first-order valence-electron chi connectivity index (χ1n) is 6.34. The SMILES string of the molecule is C[C@H](NC(=O)Cc1ccccc1N)c1ccccc1. The fourth-order valence-electron chi connectivity index (χ4n) is 1.99. The second kappa shape index (κ2) is 6.05. The Hall–Kier alpha value is -2.29. The summed E-state index contributed by atoms with van der Waals surface area (Å²) >= 11 is 0. The van der Waals surface area contributed by atoms with Crippen LogP contribution in [0.15, 0.2) is 54.6 Å². The van der Waals surface area contributed by atoms with Crippen molar-refractivity contribution in [2.75, 3.05) is 5.73 Å². The summed E-state index contributed by atoms with van der Waals surface area (Å²) in [5.74, 6) is -0.0192. The summed E-state index contributed by atoms with van der Waals surface area (Å²) in [5, 5.41) is 2.98. The number of rotatable bonds is 4. The zero-order chi connectivity index (χ0) is 13.7. The molecule has 0 saturated carbocycles. The molecule has 2 aromatic rings. The molecule has 2 rings (SSSR count). The van der Waals surface area contributed by atoms with E-state index in [1.165, 1.54) is 0 Å². The van der Waals surface area contributed by atoms with Crippen LogP contribution in [0.1, 0.15) is 24.1 Å². The topological polar surface area (TPSA) is 55.1 Å². The van der Waals surface area contributed by atoms with Gasteiger partial charge in [0.05, 0.1) is 12.5 Å². The fraction of sp³-hybridized carbons (Fsp3) is 0.188. The van der Waals surface area contributed by atoms with Crippen LogP contribution in [0.2, 0.25) is 0 Å². The number of hydrogen-bond donors (Lipinski definition) is 2. The molecule has 1 amide bonds. The quantitative estimate of drug-likeness (QED) is 0.824. The highest BCUT2D eigenvalue weighted by atomic mass is 16.1. The molecule has 0 aliphatic heterocycles. The summed E-state index contributed by atoms with van der Waals surface area (Å²) in [6.45, 7) is 1.97. The number of amides is 1. The van der Waals surface area contributed by atoms with Gasteiger partial charge in [0.2, 0.25) is 5.91 Å². The smallest absolute Gasteiger partial charge is 0.224 e. The minimum Gasteiger partial charge on any atom is -0.398 e. The van der Waals surface area contributed by atoms with Gasteiger partial charge in [-0.05, 0) is 24.1 Å². The van der Waals surface area contributed by atoms with Crippen molar-refractivity contribution in [2.24, 2.45) is 0 Å². The predicted molar refractivity (Wildman–Crippen MR) is 77.6 cm³/mol. The third-order valence-corrected chi connectivity index (χ3v) is 3.08. The van der Waals surface area contributed by atoms with E-state index >= 15 is 0 Å². The van der Waals surface area contributed by atoms with Crippen molar-refractivity contribution in [1.29, 1.82) is 0 Å². The van der Waals surface area contributed by atoms with E-state index in [2.05, 4.69) is 5.32 Å². The van der Waals surface area contributed by atoms with Crippen molar-refractivity contribution < 1.29 is 4.79 Å². The molecule has 0 heterocycles. The van der Waals surface area contributed by atoms with E-state index in [1.54, 1.807) is 0 Å². The van der Waals surface area contributed by atoms with E-state index in [-0.39, 0.29) is 11.9 Å². The first-order valence-corrected chi connectivity index (χ1v) is 6.34. The molecular formula is C16H18N2O. The van der Waals surface area contributed by atoms with Crippen LogP contribution < -0.4 is 11.1 Å². The number of hydrogen-bond acceptors (Lipinski definition) is 2. The molecule has 1 atom stereocenters. The largest absolute Gasteiger partial charge is 0.398 e. The lowest BCUT2D eigenvalue weighted by Gasteiger charge is -2.14. The van der Waals surface area contributed by atoms with Crippen LogP contribution in [-0.4, -0.2) is 5.91 Å². The molecule has 3 nitrogen and oxygen atoms in total. The molecular weight excluding hydrogens is 236 g/mol. The van der Waals surface area contributed by atoms with Gasteiger partial charge < -0.3 is 11.1 Å².